The van der Waals surface area contributed by atoms with Crippen molar-refractivity contribution in [1.82, 2.24) is 9.55 Å². The molecule has 4 nitrogen and oxygen atoms in total. The average molecular weight is 208 g/mol. The second-order valence-electron chi connectivity index (χ2n) is 3.67. The molecule has 0 saturated heterocycles. The summed E-state index contributed by atoms with van der Waals surface area (Å²) < 4.78 is 1.52. The minimum absolute atomic E-state index is 0.283. The van der Waals surface area contributed by atoms with Crippen LogP contribution in [0.5, 0.6) is 0 Å². The number of aromatic nitrogens is 2. The molecule has 0 radical (unpaired) electrons. The number of hydrogen-bond donors (Lipinski definition) is 1. The molecule has 1 heterocycles. The molecule has 4 heteroatoms. The number of H-pyrrole nitrogens is 1. The van der Waals surface area contributed by atoms with Gasteiger partial charge in [0.05, 0.1) is 0 Å². The van der Waals surface area contributed by atoms with Gasteiger partial charge in [-0.1, -0.05) is 12.5 Å². The van der Waals surface area contributed by atoms with Crippen LogP contribution in [0.25, 0.3) is 0 Å². The molecule has 1 rings (SSSR count). The van der Waals surface area contributed by atoms with Crippen molar-refractivity contribution < 1.29 is 0 Å². The molecule has 1 aromatic rings. The van der Waals surface area contributed by atoms with Crippen LogP contribution in [0.2, 0.25) is 0 Å². The Morgan fingerprint density at radius 1 is 1.53 bits per heavy atom. The minimum atomic E-state index is -0.349. The highest BCUT2D eigenvalue weighted by atomic mass is 16.2. The molecule has 0 aliphatic heterocycles. The summed E-state index contributed by atoms with van der Waals surface area (Å²) in [7, 11) is 0. The summed E-state index contributed by atoms with van der Waals surface area (Å²) in [6, 6.07) is 0. The van der Waals surface area contributed by atoms with E-state index in [1.165, 1.54) is 4.57 Å². The molecule has 0 aliphatic carbocycles. The van der Waals surface area contributed by atoms with Crippen LogP contribution in [0.1, 0.15) is 25.8 Å². The highest BCUT2D eigenvalue weighted by Crippen LogP contribution is 1.98. The van der Waals surface area contributed by atoms with Gasteiger partial charge in [0, 0.05) is 18.3 Å². The molecule has 15 heavy (non-hydrogen) atoms. The summed E-state index contributed by atoms with van der Waals surface area (Å²) in [5, 5.41) is 0. The fraction of sp³-hybridized carbons (Fsp3) is 0.455. The number of aryl methyl sites for hydroxylation is 2. The summed E-state index contributed by atoms with van der Waals surface area (Å²) in [6.45, 7) is 8.14. The highest BCUT2D eigenvalue weighted by molar-refractivity contribution is 5.04. The molecule has 0 unspecified atom stereocenters. The summed E-state index contributed by atoms with van der Waals surface area (Å²) in [5.74, 6) is 0. The number of hydrogen-bond acceptors (Lipinski definition) is 2. The molecule has 0 amide bonds. The van der Waals surface area contributed by atoms with Gasteiger partial charge in [-0.15, -0.1) is 6.58 Å². The molecule has 0 aliphatic rings. The molecule has 0 atom stereocenters. The van der Waals surface area contributed by atoms with Crippen molar-refractivity contribution in [3.8, 4) is 0 Å². The molecule has 0 aromatic carbocycles. The van der Waals surface area contributed by atoms with Crippen LogP contribution < -0.4 is 11.2 Å². The molecular weight excluding hydrogens is 192 g/mol. The monoisotopic (exact) mass is 208 g/mol. The zero-order chi connectivity index (χ0) is 11.4. The van der Waals surface area contributed by atoms with Gasteiger partial charge in [-0.3, -0.25) is 9.78 Å². The van der Waals surface area contributed by atoms with Crippen LogP contribution in [0.4, 0.5) is 0 Å². The molecule has 0 spiro atoms. The van der Waals surface area contributed by atoms with Gasteiger partial charge in [-0.05, 0) is 19.8 Å². The molecule has 0 saturated carbocycles. The van der Waals surface area contributed by atoms with Gasteiger partial charge in [0.1, 0.15) is 0 Å². The third kappa shape index (κ3) is 2.94. The summed E-state index contributed by atoms with van der Waals surface area (Å²) >= 11 is 0. The quantitative estimate of drug-likeness (QED) is 0.752. The third-order valence-corrected chi connectivity index (χ3v) is 2.25. The average Bonchev–Trinajstić information content (AvgIpc) is 2.16. The first-order valence-corrected chi connectivity index (χ1v) is 5.01. The molecular formula is C11H16N2O2. The Hall–Kier alpha value is -1.58. The van der Waals surface area contributed by atoms with Crippen molar-refractivity contribution in [2.45, 2.75) is 33.2 Å². The number of nitrogens with one attached hydrogen (secondary N) is 1. The van der Waals surface area contributed by atoms with Gasteiger partial charge < -0.3 is 4.57 Å². The van der Waals surface area contributed by atoms with Crippen molar-refractivity contribution in [2.24, 2.45) is 0 Å². The summed E-state index contributed by atoms with van der Waals surface area (Å²) in [5.41, 5.74) is 1.02. The van der Waals surface area contributed by atoms with Gasteiger partial charge in [-0.2, -0.15) is 0 Å². The van der Waals surface area contributed by atoms with E-state index in [0.717, 1.165) is 12.0 Å². The van der Waals surface area contributed by atoms with Crippen LogP contribution in [-0.4, -0.2) is 9.55 Å². The maximum Gasteiger partial charge on any atom is 0.328 e. The van der Waals surface area contributed by atoms with E-state index in [0.29, 0.717) is 18.5 Å². The van der Waals surface area contributed by atoms with E-state index in [-0.39, 0.29) is 11.2 Å². The second kappa shape index (κ2) is 4.77. The van der Waals surface area contributed by atoms with Crippen LogP contribution in [0, 0.1) is 0 Å². The van der Waals surface area contributed by atoms with Crippen molar-refractivity contribution in [3.05, 3.63) is 44.8 Å². The zero-order valence-corrected chi connectivity index (χ0v) is 9.17. The Balaban J connectivity index is 3.03. The lowest BCUT2D eigenvalue weighted by Gasteiger charge is -2.06. The largest absolute Gasteiger partial charge is 0.328 e. The van der Waals surface area contributed by atoms with E-state index >= 15 is 0 Å². The van der Waals surface area contributed by atoms with Crippen molar-refractivity contribution in [1.29, 1.82) is 0 Å². The molecule has 0 bridgehead atoms. The molecule has 1 aromatic heterocycles. The molecule has 1 N–H and O–H groups in total. The Labute approximate surface area is 88.3 Å². The van der Waals surface area contributed by atoms with Gasteiger partial charge >= 0.3 is 5.69 Å². The van der Waals surface area contributed by atoms with Crippen molar-refractivity contribution in [2.75, 3.05) is 0 Å². The normalized spacial score (nSPS) is 10.3. The Morgan fingerprint density at radius 2 is 2.20 bits per heavy atom. The fourth-order valence-electron chi connectivity index (χ4n) is 1.28. The Bertz CT molecular complexity index is 468. The molecule has 82 valence electrons. The lowest BCUT2D eigenvalue weighted by atomic mass is 10.2. The van der Waals surface area contributed by atoms with Crippen LogP contribution in [0.3, 0.4) is 0 Å². The summed E-state index contributed by atoms with van der Waals surface area (Å²) in [6.07, 6.45) is 3.00. The first-order valence-electron chi connectivity index (χ1n) is 5.01. The SMILES string of the molecule is C=C(C)CCn1cc(CC)c(=O)[nH]c1=O. The topological polar surface area (TPSA) is 54.9 Å². The first-order chi connectivity index (χ1) is 7.04. The number of allylic oxidation sites excluding steroid dienone is 1. The van der Waals surface area contributed by atoms with Crippen molar-refractivity contribution in [3.63, 3.8) is 0 Å². The zero-order valence-electron chi connectivity index (χ0n) is 9.17. The van der Waals surface area contributed by atoms with Crippen LogP contribution in [0.15, 0.2) is 27.9 Å². The maximum atomic E-state index is 11.4. The van der Waals surface area contributed by atoms with Crippen LogP contribution in [-0.2, 0) is 13.0 Å². The van der Waals surface area contributed by atoms with E-state index in [1.54, 1.807) is 6.20 Å². The minimum Gasteiger partial charge on any atom is -0.300 e. The van der Waals surface area contributed by atoms with E-state index in [1.807, 2.05) is 13.8 Å². The van der Waals surface area contributed by atoms with E-state index < -0.39 is 0 Å². The van der Waals surface area contributed by atoms with Gasteiger partial charge in [0.2, 0.25) is 0 Å². The maximum absolute atomic E-state index is 11.4. The predicted octanol–water partition coefficient (Wildman–Crippen LogP) is 1.07. The third-order valence-electron chi connectivity index (χ3n) is 2.25. The lowest BCUT2D eigenvalue weighted by molar-refractivity contribution is 0.635. The number of aromatic amines is 1. The predicted molar refractivity (Wildman–Crippen MR) is 60.1 cm³/mol. The van der Waals surface area contributed by atoms with Crippen LogP contribution >= 0.6 is 0 Å². The lowest BCUT2D eigenvalue weighted by Crippen LogP contribution is -2.31. The smallest absolute Gasteiger partial charge is 0.300 e. The van der Waals surface area contributed by atoms with Crippen molar-refractivity contribution >= 4 is 0 Å². The first kappa shape index (κ1) is 11.5. The van der Waals surface area contributed by atoms with E-state index in [2.05, 4.69) is 11.6 Å². The highest BCUT2D eigenvalue weighted by Gasteiger charge is 2.02. The summed E-state index contributed by atoms with van der Waals surface area (Å²) in [4.78, 5) is 25.0. The standard InChI is InChI=1S/C11H16N2O2/c1-4-9-7-13(6-5-8(2)3)11(15)12-10(9)14/h7H,2,4-6H2,1,3H3,(H,12,14,15). The van der Waals surface area contributed by atoms with Gasteiger partial charge in [0.15, 0.2) is 0 Å². The van der Waals surface area contributed by atoms with Gasteiger partial charge in [0.25, 0.3) is 5.56 Å². The number of rotatable bonds is 4. The number of nitrogens with zero attached hydrogens (tertiary/aromatic N) is 1. The molecule has 0 fully saturated rings. The Kier molecular flexibility index (Phi) is 3.66. The second-order valence-corrected chi connectivity index (χ2v) is 3.67. The van der Waals surface area contributed by atoms with E-state index in [4.69, 9.17) is 0 Å². The fourth-order valence-corrected chi connectivity index (χ4v) is 1.28. The Morgan fingerprint density at radius 3 is 2.73 bits per heavy atom. The van der Waals surface area contributed by atoms with E-state index in [9.17, 15) is 9.59 Å². The van der Waals surface area contributed by atoms with Gasteiger partial charge in [-0.25, -0.2) is 4.79 Å².